The molecule has 0 radical (unpaired) electrons. The van der Waals surface area contributed by atoms with E-state index >= 15 is 0 Å². The molecule has 3 rings (SSSR count). The van der Waals surface area contributed by atoms with Gasteiger partial charge in [-0.05, 0) is 5.56 Å². The molecule has 0 saturated carbocycles. The van der Waals surface area contributed by atoms with Crippen LogP contribution in [0, 0.1) is 0 Å². The van der Waals surface area contributed by atoms with Crippen LogP contribution in [0.1, 0.15) is 5.56 Å². The zero-order valence-electron chi connectivity index (χ0n) is 12.7. The van der Waals surface area contributed by atoms with E-state index in [4.69, 9.17) is 4.52 Å². The number of nitrogens with one attached hydrogen (secondary N) is 1. The Kier molecular flexibility index (Phi) is 4.22. The predicted octanol–water partition coefficient (Wildman–Crippen LogP) is 0.720. The van der Waals surface area contributed by atoms with E-state index in [9.17, 15) is 9.59 Å². The molecule has 0 atom stereocenters. The Balaban J connectivity index is 1.50. The molecule has 3 amide bonds. The number of hydrogen-bond donors (Lipinski definition) is 1. The van der Waals surface area contributed by atoms with Crippen LogP contribution in [0.5, 0.6) is 0 Å². The zero-order valence-corrected chi connectivity index (χ0v) is 12.7. The van der Waals surface area contributed by atoms with Crippen LogP contribution in [-0.2, 0) is 11.3 Å². The van der Waals surface area contributed by atoms with Gasteiger partial charge in [-0.3, -0.25) is 4.79 Å². The van der Waals surface area contributed by atoms with Crippen molar-refractivity contribution in [1.29, 1.82) is 0 Å². The first-order chi connectivity index (χ1) is 11.1. The van der Waals surface area contributed by atoms with E-state index in [1.807, 2.05) is 24.3 Å². The van der Waals surface area contributed by atoms with E-state index in [0.717, 1.165) is 11.1 Å². The van der Waals surface area contributed by atoms with Gasteiger partial charge in [-0.1, -0.05) is 29.4 Å². The standard InChI is InChI=1S/C15H17N5O3/c1-19-6-7-20(15(19)22)9-13(21)16-8-11-2-4-12(5-3-11)14-17-10-23-18-14/h2-5,10H,6-9H2,1H3,(H,16,21). The number of aromatic nitrogens is 2. The lowest BCUT2D eigenvalue weighted by molar-refractivity contribution is -0.121. The van der Waals surface area contributed by atoms with Gasteiger partial charge in [-0.15, -0.1) is 0 Å². The van der Waals surface area contributed by atoms with Crippen LogP contribution < -0.4 is 5.32 Å². The Bertz CT molecular complexity index is 684. The maximum absolute atomic E-state index is 11.9. The molecule has 8 heteroatoms. The van der Waals surface area contributed by atoms with Crippen molar-refractivity contribution >= 4 is 11.9 Å². The van der Waals surface area contributed by atoms with Crippen LogP contribution in [-0.4, -0.2) is 58.6 Å². The summed E-state index contributed by atoms with van der Waals surface area (Å²) in [7, 11) is 1.73. The molecule has 1 saturated heterocycles. The van der Waals surface area contributed by atoms with E-state index in [2.05, 4.69) is 15.5 Å². The topological polar surface area (TPSA) is 91.6 Å². The first-order valence-corrected chi connectivity index (χ1v) is 7.26. The molecule has 2 aromatic rings. The van der Waals surface area contributed by atoms with E-state index in [-0.39, 0.29) is 18.5 Å². The number of urea groups is 1. The maximum atomic E-state index is 11.9. The fraction of sp³-hybridized carbons (Fsp3) is 0.333. The summed E-state index contributed by atoms with van der Waals surface area (Å²) in [6.45, 7) is 1.74. The number of rotatable bonds is 5. The summed E-state index contributed by atoms with van der Waals surface area (Å²) in [6.07, 6.45) is 1.28. The average Bonchev–Trinajstić information content (AvgIpc) is 3.20. The smallest absolute Gasteiger partial charge is 0.320 e. The average molecular weight is 315 g/mol. The molecule has 1 aromatic heterocycles. The summed E-state index contributed by atoms with van der Waals surface area (Å²) in [4.78, 5) is 30.7. The summed E-state index contributed by atoms with van der Waals surface area (Å²) < 4.78 is 4.70. The van der Waals surface area contributed by atoms with Gasteiger partial charge in [-0.25, -0.2) is 4.79 Å². The number of carbonyl (C=O) groups is 2. The summed E-state index contributed by atoms with van der Waals surface area (Å²) in [5.41, 5.74) is 1.80. The number of hydrogen-bond acceptors (Lipinski definition) is 5. The first-order valence-electron chi connectivity index (χ1n) is 7.26. The van der Waals surface area contributed by atoms with E-state index in [1.165, 1.54) is 11.3 Å². The summed E-state index contributed by atoms with van der Waals surface area (Å²) in [6, 6.07) is 7.41. The number of benzene rings is 1. The second kappa shape index (κ2) is 6.47. The third-order valence-electron chi connectivity index (χ3n) is 3.70. The molecular weight excluding hydrogens is 298 g/mol. The number of carbonyl (C=O) groups excluding carboxylic acids is 2. The Hall–Kier alpha value is -2.90. The highest BCUT2D eigenvalue weighted by molar-refractivity contribution is 5.84. The Morgan fingerprint density at radius 2 is 2.09 bits per heavy atom. The highest BCUT2D eigenvalue weighted by Gasteiger charge is 2.26. The van der Waals surface area contributed by atoms with Crippen LogP contribution in [0.15, 0.2) is 35.2 Å². The molecule has 1 N–H and O–H groups in total. The van der Waals surface area contributed by atoms with Gasteiger partial charge in [0.2, 0.25) is 18.1 Å². The molecule has 1 aliphatic rings. The van der Waals surface area contributed by atoms with Crippen molar-refractivity contribution in [2.75, 3.05) is 26.7 Å². The lowest BCUT2D eigenvalue weighted by Crippen LogP contribution is -2.39. The van der Waals surface area contributed by atoms with Gasteiger partial charge < -0.3 is 19.6 Å². The van der Waals surface area contributed by atoms with Gasteiger partial charge in [0.1, 0.15) is 6.54 Å². The Morgan fingerprint density at radius 3 is 2.70 bits per heavy atom. The quantitative estimate of drug-likeness (QED) is 0.878. The van der Waals surface area contributed by atoms with Crippen molar-refractivity contribution < 1.29 is 14.1 Å². The lowest BCUT2D eigenvalue weighted by atomic mass is 10.1. The fourth-order valence-electron chi connectivity index (χ4n) is 2.35. The number of amides is 3. The Morgan fingerprint density at radius 1 is 1.30 bits per heavy atom. The first kappa shape index (κ1) is 15.0. The van der Waals surface area contributed by atoms with Gasteiger partial charge in [-0.2, -0.15) is 4.98 Å². The minimum absolute atomic E-state index is 0.0874. The van der Waals surface area contributed by atoms with Crippen LogP contribution >= 0.6 is 0 Å². The normalized spacial score (nSPS) is 14.4. The highest BCUT2D eigenvalue weighted by Crippen LogP contribution is 2.15. The van der Waals surface area contributed by atoms with Crippen molar-refractivity contribution in [1.82, 2.24) is 25.3 Å². The summed E-state index contributed by atoms with van der Waals surface area (Å²) in [5.74, 6) is 0.355. The monoisotopic (exact) mass is 315 g/mol. The third-order valence-corrected chi connectivity index (χ3v) is 3.70. The molecular formula is C15H17N5O3. The second-order valence-electron chi connectivity index (χ2n) is 5.35. The molecule has 1 aliphatic heterocycles. The molecule has 2 heterocycles. The van der Waals surface area contributed by atoms with E-state index in [1.54, 1.807) is 11.9 Å². The maximum Gasteiger partial charge on any atom is 0.320 e. The largest absolute Gasteiger partial charge is 0.350 e. The van der Waals surface area contributed by atoms with Crippen LogP contribution in [0.25, 0.3) is 11.4 Å². The summed E-state index contributed by atoms with van der Waals surface area (Å²) >= 11 is 0. The van der Waals surface area contributed by atoms with Crippen molar-refractivity contribution in [2.24, 2.45) is 0 Å². The fourth-order valence-corrected chi connectivity index (χ4v) is 2.35. The number of nitrogens with zero attached hydrogens (tertiary/aromatic N) is 4. The molecule has 8 nitrogen and oxygen atoms in total. The molecule has 1 aromatic carbocycles. The molecule has 0 bridgehead atoms. The minimum Gasteiger partial charge on any atom is -0.350 e. The van der Waals surface area contributed by atoms with Gasteiger partial charge >= 0.3 is 6.03 Å². The van der Waals surface area contributed by atoms with E-state index < -0.39 is 0 Å². The van der Waals surface area contributed by atoms with Crippen molar-refractivity contribution in [2.45, 2.75) is 6.54 Å². The zero-order chi connectivity index (χ0) is 16.2. The van der Waals surface area contributed by atoms with Crippen LogP contribution in [0.2, 0.25) is 0 Å². The molecule has 23 heavy (non-hydrogen) atoms. The van der Waals surface area contributed by atoms with Gasteiger partial charge in [0.25, 0.3) is 0 Å². The van der Waals surface area contributed by atoms with Gasteiger partial charge in [0.05, 0.1) is 0 Å². The van der Waals surface area contributed by atoms with Crippen molar-refractivity contribution in [3.8, 4) is 11.4 Å². The van der Waals surface area contributed by atoms with Crippen molar-refractivity contribution in [3.05, 3.63) is 36.2 Å². The summed E-state index contributed by atoms with van der Waals surface area (Å²) in [5, 5.41) is 6.58. The molecule has 0 aliphatic carbocycles. The highest BCUT2D eigenvalue weighted by atomic mass is 16.5. The number of likely N-dealkylation sites (N-methyl/N-ethyl adjacent to an activating group) is 1. The van der Waals surface area contributed by atoms with Crippen LogP contribution in [0.4, 0.5) is 4.79 Å². The van der Waals surface area contributed by atoms with Gasteiger partial charge in [0.15, 0.2) is 0 Å². The van der Waals surface area contributed by atoms with E-state index in [0.29, 0.717) is 25.5 Å². The van der Waals surface area contributed by atoms with Crippen LogP contribution in [0.3, 0.4) is 0 Å². The predicted molar refractivity (Wildman–Crippen MR) is 81.2 cm³/mol. The molecule has 120 valence electrons. The van der Waals surface area contributed by atoms with Gasteiger partial charge in [0, 0.05) is 32.2 Å². The second-order valence-corrected chi connectivity index (χ2v) is 5.35. The third kappa shape index (κ3) is 3.47. The Labute approximate surface area is 133 Å². The lowest BCUT2D eigenvalue weighted by Gasteiger charge is -2.15. The van der Waals surface area contributed by atoms with Crippen molar-refractivity contribution in [3.63, 3.8) is 0 Å². The molecule has 0 unspecified atom stereocenters. The SMILES string of the molecule is CN1CCN(CC(=O)NCc2ccc(-c3ncon3)cc2)C1=O. The molecule has 1 fully saturated rings. The molecule has 0 spiro atoms. The minimum atomic E-state index is -0.170.